The molecule has 2 heterocycles. The fourth-order valence-corrected chi connectivity index (χ4v) is 4.01. The standard InChI is InChI=1S/C21H17Cl2F2N3O/c22-17-3-1-2-15(19(17)23)21(29)27-13-5-8-28(9-6-13)20-16-10-12(24)11-18(25)14(16)4-7-26-20/h1-4,7,10-11,13H,5-6,8-9H2,(H,27,29). The van der Waals surface area contributed by atoms with E-state index in [0.29, 0.717) is 53.1 Å². The molecule has 0 bridgehead atoms. The average molecular weight is 436 g/mol. The van der Waals surface area contributed by atoms with Crippen molar-refractivity contribution in [3.05, 3.63) is 69.8 Å². The SMILES string of the molecule is O=C(NC1CCN(c2nccc3c(F)cc(F)cc23)CC1)c1cccc(Cl)c1Cl. The van der Waals surface area contributed by atoms with Crippen molar-refractivity contribution in [3.8, 4) is 0 Å². The summed E-state index contributed by atoms with van der Waals surface area (Å²) < 4.78 is 27.8. The van der Waals surface area contributed by atoms with Crippen LogP contribution in [0, 0.1) is 11.6 Å². The molecule has 150 valence electrons. The summed E-state index contributed by atoms with van der Waals surface area (Å²) in [6.07, 6.45) is 2.85. The van der Waals surface area contributed by atoms with Gasteiger partial charge in [-0.25, -0.2) is 13.8 Å². The predicted molar refractivity (Wildman–Crippen MR) is 111 cm³/mol. The third kappa shape index (κ3) is 4.00. The van der Waals surface area contributed by atoms with Crippen LogP contribution < -0.4 is 10.2 Å². The summed E-state index contributed by atoms with van der Waals surface area (Å²) in [5.74, 6) is -0.971. The molecular formula is C21H17Cl2F2N3O. The Morgan fingerprint density at radius 2 is 1.86 bits per heavy atom. The van der Waals surface area contributed by atoms with E-state index in [1.807, 2.05) is 4.90 Å². The van der Waals surface area contributed by atoms with Crippen LogP contribution in [0.1, 0.15) is 23.2 Å². The molecule has 2 aromatic carbocycles. The first kappa shape index (κ1) is 19.9. The van der Waals surface area contributed by atoms with Gasteiger partial charge < -0.3 is 10.2 Å². The lowest BCUT2D eigenvalue weighted by atomic mass is 10.0. The fraction of sp³-hybridized carbons (Fsp3) is 0.238. The summed E-state index contributed by atoms with van der Waals surface area (Å²) in [5.41, 5.74) is 0.336. The predicted octanol–water partition coefficient (Wildman–Crippen LogP) is 5.22. The Kier molecular flexibility index (Phi) is 5.56. The summed E-state index contributed by atoms with van der Waals surface area (Å²) in [5, 5.41) is 4.32. The molecule has 3 aromatic rings. The molecule has 0 atom stereocenters. The molecule has 0 unspecified atom stereocenters. The maximum absolute atomic E-state index is 14.1. The highest BCUT2D eigenvalue weighted by atomic mass is 35.5. The number of halogens is 4. The number of pyridine rings is 1. The minimum atomic E-state index is -0.634. The highest BCUT2D eigenvalue weighted by molar-refractivity contribution is 6.43. The van der Waals surface area contributed by atoms with Crippen molar-refractivity contribution < 1.29 is 13.6 Å². The van der Waals surface area contributed by atoms with Crippen LogP contribution in [0.5, 0.6) is 0 Å². The Balaban J connectivity index is 1.47. The van der Waals surface area contributed by atoms with Crippen LogP contribution in [0.4, 0.5) is 14.6 Å². The number of fused-ring (bicyclic) bond motifs is 1. The Labute approximate surface area is 176 Å². The second kappa shape index (κ2) is 8.13. The lowest BCUT2D eigenvalue weighted by molar-refractivity contribution is 0.0931. The Hall–Kier alpha value is -2.44. The summed E-state index contributed by atoms with van der Waals surface area (Å²) in [4.78, 5) is 18.8. The smallest absolute Gasteiger partial charge is 0.253 e. The van der Waals surface area contributed by atoms with Crippen LogP contribution in [0.3, 0.4) is 0 Å². The van der Waals surface area contributed by atoms with Crippen molar-refractivity contribution in [2.24, 2.45) is 0 Å². The van der Waals surface area contributed by atoms with Gasteiger partial charge in [-0.3, -0.25) is 4.79 Å². The van der Waals surface area contributed by atoms with E-state index in [4.69, 9.17) is 23.2 Å². The molecule has 4 rings (SSSR count). The molecule has 4 nitrogen and oxygen atoms in total. The maximum Gasteiger partial charge on any atom is 0.253 e. The van der Waals surface area contributed by atoms with Gasteiger partial charge in [0.1, 0.15) is 17.5 Å². The van der Waals surface area contributed by atoms with Crippen LogP contribution in [0.15, 0.2) is 42.6 Å². The highest BCUT2D eigenvalue weighted by Gasteiger charge is 2.24. The van der Waals surface area contributed by atoms with Crippen LogP contribution in [-0.4, -0.2) is 30.0 Å². The van der Waals surface area contributed by atoms with Crippen LogP contribution in [-0.2, 0) is 0 Å². The number of benzene rings is 2. The van der Waals surface area contributed by atoms with E-state index < -0.39 is 11.6 Å². The van der Waals surface area contributed by atoms with Crippen molar-refractivity contribution in [2.75, 3.05) is 18.0 Å². The second-order valence-electron chi connectivity index (χ2n) is 6.95. The molecule has 1 aromatic heterocycles. The van der Waals surface area contributed by atoms with Crippen molar-refractivity contribution in [2.45, 2.75) is 18.9 Å². The number of hydrogen-bond acceptors (Lipinski definition) is 3. The zero-order valence-corrected chi connectivity index (χ0v) is 16.8. The Morgan fingerprint density at radius 1 is 1.10 bits per heavy atom. The van der Waals surface area contributed by atoms with Gasteiger partial charge in [0.2, 0.25) is 0 Å². The van der Waals surface area contributed by atoms with Gasteiger partial charge in [0.25, 0.3) is 5.91 Å². The minimum Gasteiger partial charge on any atom is -0.356 e. The zero-order chi connectivity index (χ0) is 20.5. The lowest BCUT2D eigenvalue weighted by Crippen LogP contribution is -2.45. The van der Waals surface area contributed by atoms with Gasteiger partial charge in [-0.05, 0) is 37.1 Å². The molecule has 1 N–H and O–H groups in total. The van der Waals surface area contributed by atoms with Crippen molar-refractivity contribution in [1.82, 2.24) is 10.3 Å². The monoisotopic (exact) mass is 435 g/mol. The number of amides is 1. The van der Waals surface area contributed by atoms with Gasteiger partial charge in [-0.15, -0.1) is 0 Å². The third-order valence-electron chi connectivity index (χ3n) is 5.10. The molecule has 1 aliphatic rings. The van der Waals surface area contributed by atoms with E-state index in [1.54, 1.807) is 18.2 Å². The van der Waals surface area contributed by atoms with Crippen LogP contribution >= 0.6 is 23.2 Å². The van der Waals surface area contributed by atoms with Gasteiger partial charge >= 0.3 is 0 Å². The number of hydrogen-bond donors (Lipinski definition) is 1. The number of anilines is 1. The topological polar surface area (TPSA) is 45.2 Å². The van der Waals surface area contributed by atoms with Crippen LogP contribution in [0.25, 0.3) is 10.8 Å². The average Bonchev–Trinajstić information content (AvgIpc) is 2.70. The first-order valence-electron chi connectivity index (χ1n) is 9.17. The number of carbonyl (C=O) groups is 1. The minimum absolute atomic E-state index is 0.0442. The summed E-state index contributed by atoms with van der Waals surface area (Å²) in [6, 6.07) is 8.59. The van der Waals surface area contributed by atoms with E-state index in [9.17, 15) is 13.6 Å². The molecule has 0 saturated carbocycles. The van der Waals surface area contributed by atoms with Gasteiger partial charge in [0.15, 0.2) is 0 Å². The molecule has 0 spiro atoms. The van der Waals surface area contributed by atoms with E-state index in [-0.39, 0.29) is 17.0 Å². The zero-order valence-electron chi connectivity index (χ0n) is 15.3. The van der Waals surface area contributed by atoms with E-state index in [0.717, 1.165) is 6.07 Å². The second-order valence-corrected chi connectivity index (χ2v) is 7.74. The molecule has 29 heavy (non-hydrogen) atoms. The van der Waals surface area contributed by atoms with Gasteiger partial charge in [-0.2, -0.15) is 0 Å². The number of rotatable bonds is 3. The number of nitrogens with one attached hydrogen (secondary N) is 1. The van der Waals surface area contributed by atoms with Gasteiger partial charge in [0.05, 0.1) is 15.6 Å². The fourth-order valence-electron chi connectivity index (χ4n) is 3.62. The van der Waals surface area contributed by atoms with Crippen LogP contribution in [0.2, 0.25) is 10.0 Å². The molecule has 0 radical (unpaired) electrons. The summed E-state index contributed by atoms with van der Waals surface area (Å²) in [6.45, 7) is 1.19. The molecule has 1 aliphatic heterocycles. The summed E-state index contributed by atoms with van der Waals surface area (Å²) >= 11 is 12.1. The van der Waals surface area contributed by atoms with E-state index >= 15 is 0 Å². The summed E-state index contributed by atoms with van der Waals surface area (Å²) in [7, 11) is 0. The highest BCUT2D eigenvalue weighted by Crippen LogP contribution is 2.30. The number of nitrogens with zero attached hydrogens (tertiary/aromatic N) is 2. The first-order valence-corrected chi connectivity index (χ1v) is 9.93. The third-order valence-corrected chi connectivity index (χ3v) is 5.92. The van der Waals surface area contributed by atoms with E-state index in [1.165, 1.54) is 18.3 Å². The molecule has 1 amide bonds. The number of carbonyl (C=O) groups excluding carboxylic acids is 1. The van der Waals surface area contributed by atoms with Crippen molar-refractivity contribution in [3.63, 3.8) is 0 Å². The maximum atomic E-state index is 14.1. The molecular weight excluding hydrogens is 419 g/mol. The molecule has 1 fully saturated rings. The van der Waals surface area contributed by atoms with Gasteiger partial charge in [-0.1, -0.05) is 29.3 Å². The molecule has 0 aliphatic carbocycles. The number of aromatic nitrogens is 1. The van der Waals surface area contributed by atoms with Gasteiger partial charge in [0, 0.05) is 42.2 Å². The molecule has 8 heteroatoms. The first-order chi connectivity index (χ1) is 13.9. The Bertz CT molecular complexity index is 1080. The number of piperidine rings is 1. The Morgan fingerprint density at radius 3 is 2.62 bits per heavy atom. The van der Waals surface area contributed by atoms with Crippen molar-refractivity contribution in [1.29, 1.82) is 0 Å². The lowest BCUT2D eigenvalue weighted by Gasteiger charge is -2.33. The largest absolute Gasteiger partial charge is 0.356 e. The normalized spacial score (nSPS) is 15.0. The van der Waals surface area contributed by atoms with Crippen molar-refractivity contribution >= 4 is 45.7 Å². The van der Waals surface area contributed by atoms with E-state index in [2.05, 4.69) is 10.3 Å². The molecule has 1 saturated heterocycles. The quantitative estimate of drug-likeness (QED) is 0.613.